The summed E-state index contributed by atoms with van der Waals surface area (Å²) in [7, 11) is 1.05. The highest BCUT2D eigenvalue weighted by Crippen LogP contribution is 2.31. The monoisotopic (exact) mass is 521 g/mol. The van der Waals surface area contributed by atoms with Crippen LogP contribution in [0, 0.1) is 6.92 Å². The number of halogens is 4. The Morgan fingerprint density at radius 1 is 1.17 bits per heavy atom. The van der Waals surface area contributed by atoms with E-state index in [1.807, 2.05) is 0 Å². The molecule has 1 heterocycles. The lowest BCUT2D eigenvalue weighted by Crippen LogP contribution is -2.42. The van der Waals surface area contributed by atoms with Crippen molar-refractivity contribution in [3.8, 4) is 11.1 Å². The molecule has 190 valence electrons. The average molecular weight is 522 g/mol. The van der Waals surface area contributed by atoms with Gasteiger partial charge in [0.2, 0.25) is 0 Å². The van der Waals surface area contributed by atoms with Gasteiger partial charge >= 0.3 is 12.1 Å². The maximum atomic E-state index is 13.2. The van der Waals surface area contributed by atoms with Gasteiger partial charge in [-0.2, -0.15) is 13.2 Å². The fraction of sp³-hybridized carbons (Fsp3) is 0.240. The molecule has 4 N–H and O–H groups in total. The number of carboxylic acids is 1. The largest absolute Gasteiger partial charge is 0.480 e. The molecule has 36 heavy (non-hydrogen) atoms. The van der Waals surface area contributed by atoms with Crippen LogP contribution in [0.2, 0.25) is 5.02 Å². The van der Waals surface area contributed by atoms with Gasteiger partial charge in [-0.15, -0.1) is 0 Å². The normalized spacial score (nSPS) is 12.3. The third kappa shape index (κ3) is 5.60. The zero-order valence-electron chi connectivity index (χ0n) is 19.3. The molecular formula is C25H23ClF3N3O4. The van der Waals surface area contributed by atoms with Crippen molar-refractivity contribution >= 4 is 23.5 Å². The molecule has 0 unspecified atom stereocenters. The van der Waals surface area contributed by atoms with Gasteiger partial charge in [-0.25, -0.2) is 4.79 Å². The molecule has 0 bridgehead atoms. The first-order chi connectivity index (χ1) is 16.8. The van der Waals surface area contributed by atoms with E-state index in [0.717, 1.165) is 13.1 Å². The van der Waals surface area contributed by atoms with Crippen LogP contribution in [0.3, 0.4) is 0 Å². The fourth-order valence-corrected chi connectivity index (χ4v) is 4.19. The number of nitrogens with zero attached hydrogens (tertiary/aromatic N) is 1. The summed E-state index contributed by atoms with van der Waals surface area (Å²) in [5.41, 5.74) is 5.52. The SMILES string of the molecule is Cc1cc(C(F)(F)F)n(C)c(=O)c1-c1ccc(C[C@H](NC(=O)c2c(Cl)cccc2CN)C(=O)O)cc1. The predicted molar refractivity (Wildman–Crippen MR) is 129 cm³/mol. The van der Waals surface area contributed by atoms with Crippen LogP contribution in [-0.2, 0) is 31.0 Å². The van der Waals surface area contributed by atoms with Crippen molar-refractivity contribution in [1.29, 1.82) is 0 Å². The molecule has 3 aromatic rings. The first-order valence-electron chi connectivity index (χ1n) is 10.7. The van der Waals surface area contributed by atoms with Gasteiger partial charge in [0.05, 0.1) is 16.1 Å². The summed E-state index contributed by atoms with van der Waals surface area (Å²) >= 11 is 6.12. The Morgan fingerprint density at radius 3 is 2.36 bits per heavy atom. The number of nitrogens with one attached hydrogen (secondary N) is 1. The molecule has 0 saturated carbocycles. The van der Waals surface area contributed by atoms with E-state index in [4.69, 9.17) is 17.3 Å². The summed E-state index contributed by atoms with van der Waals surface area (Å²) in [4.78, 5) is 37.3. The number of carbonyl (C=O) groups is 2. The molecular weight excluding hydrogens is 499 g/mol. The number of aryl methyl sites for hydroxylation is 1. The number of carboxylic acid groups (broad SMARTS) is 1. The van der Waals surface area contributed by atoms with Crippen molar-refractivity contribution in [2.24, 2.45) is 12.8 Å². The molecule has 0 fully saturated rings. The lowest BCUT2D eigenvalue weighted by molar-refractivity contribution is -0.143. The van der Waals surface area contributed by atoms with E-state index in [2.05, 4.69) is 5.32 Å². The molecule has 1 amide bonds. The third-order valence-corrected chi connectivity index (χ3v) is 6.07. The minimum atomic E-state index is -4.67. The summed E-state index contributed by atoms with van der Waals surface area (Å²) in [6.45, 7) is 1.45. The maximum Gasteiger partial charge on any atom is 0.431 e. The van der Waals surface area contributed by atoms with E-state index in [0.29, 0.717) is 21.3 Å². The molecule has 2 aromatic carbocycles. The van der Waals surface area contributed by atoms with E-state index in [9.17, 15) is 32.7 Å². The summed E-state index contributed by atoms with van der Waals surface area (Å²) in [6.07, 6.45) is -4.76. The summed E-state index contributed by atoms with van der Waals surface area (Å²) in [5.74, 6) is -1.96. The number of benzene rings is 2. The Kier molecular flexibility index (Phi) is 7.90. The Labute approximate surface area is 209 Å². The Morgan fingerprint density at radius 2 is 1.81 bits per heavy atom. The number of hydrogen-bond donors (Lipinski definition) is 3. The summed E-state index contributed by atoms with van der Waals surface area (Å²) in [6, 6.07) is 10.5. The van der Waals surface area contributed by atoms with Crippen LogP contribution >= 0.6 is 11.6 Å². The summed E-state index contributed by atoms with van der Waals surface area (Å²) in [5, 5.41) is 12.2. The number of pyridine rings is 1. The molecule has 7 nitrogen and oxygen atoms in total. The number of rotatable bonds is 7. The summed E-state index contributed by atoms with van der Waals surface area (Å²) < 4.78 is 40.1. The number of aromatic nitrogens is 1. The molecule has 0 spiro atoms. The van der Waals surface area contributed by atoms with Crippen molar-refractivity contribution in [1.82, 2.24) is 9.88 Å². The first kappa shape index (κ1) is 27.0. The van der Waals surface area contributed by atoms with Crippen molar-refractivity contribution in [2.45, 2.75) is 32.1 Å². The molecule has 0 aliphatic carbocycles. The molecule has 0 saturated heterocycles. The van der Waals surface area contributed by atoms with Crippen molar-refractivity contribution in [2.75, 3.05) is 0 Å². The zero-order valence-corrected chi connectivity index (χ0v) is 20.1. The highest BCUT2D eigenvalue weighted by atomic mass is 35.5. The average Bonchev–Trinajstić information content (AvgIpc) is 2.80. The van der Waals surface area contributed by atoms with Crippen LogP contribution in [0.25, 0.3) is 11.1 Å². The molecule has 0 aliphatic rings. The highest BCUT2D eigenvalue weighted by molar-refractivity contribution is 6.34. The number of alkyl halides is 3. The number of amides is 1. The van der Waals surface area contributed by atoms with Crippen LogP contribution in [0.15, 0.2) is 53.3 Å². The zero-order chi connectivity index (χ0) is 26.8. The van der Waals surface area contributed by atoms with Crippen molar-refractivity contribution in [3.63, 3.8) is 0 Å². The van der Waals surface area contributed by atoms with Gasteiger partial charge in [0.15, 0.2) is 0 Å². The van der Waals surface area contributed by atoms with Gasteiger partial charge in [0.1, 0.15) is 11.7 Å². The smallest absolute Gasteiger partial charge is 0.431 e. The van der Waals surface area contributed by atoms with E-state index < -0.39 is 35.3 Å². The van der Waals surface area contributed by atoms with Gasteiger partial charge < -0.3 is 20.7 Å². The molecule has 11 heteroatoms. The second-order valence-electron chi connectivity index (χ2n) is 8.19. The molecule has 1 atom stereocenters. The third-order valence-electron chi connectivity index (χ3n) is 5.75. The lowest BCUT2D eigenvalue weighted by atomic mass is 9.98. The fourth-order valence-electron chi connectivity index (χ4n) is 3.91. The van der Waals surface area contributed by atoms with E-state index >= 15 is 0 Å². The number of aliphatic carboxylic acids is 1. The molecule has 0 radical (unpaired) electrons. The Hall–Kier alpha value is -3.63. The Bertz CT molecular complexity index is 1370. The minimum Gasteiger partial charge on any atom is -0.480 e. The maximum absolute atomic E-state index is 13.2. The van der Waals surface area contributed by atoms with Crippen LogP contribution in [-0.4, -0.2) is 27.6 Å². The van der Waals surface area contributed by atoms with E-state index in [1.165, 1.54) is 25.1 Å². The lowest BCUT2D eigenvalue weighted by Gasteiger charge is -2.17. The topological polar surface area (TPSA) is 114 Å². The number of hydrogen-bond acceptors (Lipinski definition) is 4. The minimum absolute atomic E-state index is 0.0331. The second-order valence-corrected chi connectivity index (χ2v) is 8.60. The highest BCUT2D eigenvalue weighted by Gasteiger charge is 2.34. The van der Waals surface area contributed by atoms with Crippen LogP contribution in [0.4, 0.5) is 13.2 Å². The first-order valence-corrected chi connectivity index (χ1v) is 11.1. The van der Waals surface area contributed by atoms with Gasteiger partial charge in [0.25, 0.3) is 11.5 Å². The molecule has 0 aliphatic heterocycles. The van der Waals surface area contributed by atoms with Gasteiger partial charge in [-0.05, 0) is 41.3 Å². The quantitative estimate of drug-likeness (QED) is 0.436. The van der Waals surface area contributed by atoms with Crippen LogP contribution in [0.1, 0.15) is 32.7 Å². The van der Waals surface area contributed by atoms with Gasteiger partial charge in [0, 0.05) is 20.0 Å². The van der Waals surface area contributed by atoms with Crippen LogP contribution < -0.4 is 16.6 Å². The van der Waals surface area contributed by atoms with Crippen molar-refractivity contribution < 1.29 is 27.9 Å². The number of carbonyl (C=O) groups excluding carboxylic acids is 1. The Balaban J connectivity index is 1.86. The number of nitrogens with two attached hydrogens (primary N) is 1. The van der Waals surface area contributed by atoms with Crippen LogP contribution in [0.5, 0.6) is 0 Å². The standard InChI is InChI=1S/C25H23ClF3N3O4/c1-13-10-19(25(27,28)29)32(2)23(34)20(13)15-8-6-14(7-9-15)11-18(24(35)36)31-22(33)21-16(12-30)4-3-5-17(21)26/h3-10,18H,11-12,30H2,1-2H3,(H,31,33)(H,35,36)/t18-/m0/s1. The second kappa shape index (κ2) is 10.5. The predicted octanol–water partition coefficient (Wildman–Crippen LogP) is 3.92. The van der Waals surface area contributed by atoms with E-state index in [1.54, 1.807) is 24.3 Å². The molecule has 3 rings (SSSR count). The van der Waals surface area contributed by atoms with E-state index in [-0.39, 0.29) is 34.7 Å². The van der Waals surface area contributed by atoms with Crippen molar-refractivity contribution in [3.05, 3.63) is 91.9 Å². The molecule has 1 aromatic heterocycles. The van der Waals surface area contributed by atoms with Gasteiger partial charge in [-0.3, -0.25) is 9.59 Å². The van der Waals surface area contributed by atoms with Gasteiger partial charge in [-0.1, -0.05) is 48.0 Å².